The zero-order chi connectivity index (χ0) is 13.8. The van der Waals surface area contributed by atoms with Crippen LogP contribution in [0.1, 0.15) is 15.2 Å². The van der Waals surface area contributed by atoms with Crippen molar-refractivity contribution in [2.45, 2.75) is 0 Å². The Morgan fingerprint density at radius 2 is 2.21 bits per heavy atom. The first-order chi connectivity index (χ1) is 9.15. The number of hydrogen-bond donors (Lipinski definition) is 0. The molecule has 1 amide bonds. The molecule has 1 aromatic carbocycles. The van der Waals surface area contributed by atoms with E-state index in [1.54, 1.807) is 49.9 Å². The average molecular weight is 272 g/mol. The molecule has 1 heterocycles. The topological polar surface area (TPSA) is 53.3 Å². The monoisotopic (exact) mass is 272 g/mol. The van der Waals surface area contributed by atoms with Crippen LogP contribution in [0.2, 0.25) is 0 Å². The summed E-state index contributed by atoms with van der Waals surface area (Å²) in [6, 6.07) is 10.7. The van der Waals surface area contributed by atoms with Gasteiger partial charge in [-0.15, -0.1) is 11.3 Å². The Labute approximate surface area is 115 Å². The van der Waals surface area contributed by atoms with Crippen LogP contribution in [0.4, 0.5) is 5.69 Å². The Morgan fingerprint density at radius 3 is 2.84 bits per heavy atom. The van der Waals surface area contributed by atoms with Crippen LogP contribution >= 0.6 is 11.3 Å². The first-order valence-corrected chi connectivity index (χ1v) is 6.44. The number of ether oxygens (including phenoxy) is 1. The lowest BCUT2D eigenvalue weighted by Gasteiger charge is -2.16. The SMILES string of the molecule is COc1csc(C(=O)N(C)c2cccc(C#N)c2)c1. The smallest absolute Gasteiger partial charge is 0.268 e. The van der Waals surface area contributed by atoms with Crippen LogP contribution in [0.3, 0.4) is 0 Å². The largest absolute Gasteiger partial charge is 0.496 e. The Morgan fingerprint density at radius 1 is 1.42 bits per heavy atom. The van der Waals surface area contributed by atoms with Gasteiger partial charge in [-0.25, -0.2) is 0 Å². The van der Waals surface area contributed by atoms with Crippen molar-refractivity contribution >= 4 is 22.9 Å². The van der Waals surface area contributed by atoms with Gasteiger partial charge in [-0.3, -0.25) is 4.79 Å². The highest BCUT2D eigenvalue weighted by atomic mass is 32.1. The van der Waals surface area contributed by atoms with Crippen molar-refractivity contribution in [3.63, 3.8) is 0 Å². The van der Waals surface area contributed by atoms with E-state index >= 15 is 0 Å². The van der Waals surface area contributed by atoms with Crippen molar-refractivity contribution in [2.75, 3.05) is 19.1 Å². The summed E-state index contributed by atoms with van der Waals surface area (Å²) >= 11 is 1.33. The van der Waals surface area contributed by atoms with Crippen LogP contribution in [0.5, 0.6) is 5.75 Å². The second-order valence-corrected chi connectivity index (χ2v) is 4.79. The number of anilines is 1. The fraction of sp³-hybridized carbons (Fsp3) is 0.143. The highest BCUT2D eigenvalue weighted by Gasteiger charge is 2.16. The maximum atomic E-state index is 12.3. The summed E-state index contributed by atoms with van der Waals surface area (Å²) < 4.78 is 5.06. The number of carbonyl (C=O) groups is 1. The minimum absolute atomic E-state index is 0.122. The van der Waals surface area contributed by atoms with Crippen molar-refractivity contribution in [3.8, 4) is 11.8 Å². The zero-order valence-electron chi connectivity index (χ0n) is 10.6. The quantitative estimate of drug-likeness (QED) is 0.863. The summed E-state index contributed by atoms with van der Waals surface area (Å²) in [5, 5.41) is 10.7. The van der Waals surface area contributed by atoms with Crippen LogP contribution in [0, 0.1) is 11.3 Å². The lowest BCUT2D eigenvalue weighted by atomic mass is 10.2. The summed E-state index contributed by atoms with van der Waals surface area (Å²) in [6.45, 7) is 0. The van der Waals surface area contributed by atoms with E-state index in [9.17, 15) is 4.79 Å². The van der Waals surface area contributed by atoms with E-state index < -0.39 is 0 Å². The molecule has 0 radical (unpaired) electrons. The summed E-state index contributed by atoms with van der Waals surface area (Å²) in [6.07, 6.45) is 0. The van der Waals surface area contributed by atoms with Gasteiger partial charge in [0, 0.05) is 24.2 Å². The minimum Gasteiger partial charge on any atom is -0.496 e. The Hall–Kier alpha value is -2.32. The second kappa shape index (κ2) is 5.55. The molecule has 1 aromatic heterocycles. The molecule has 0 N–H and O–H groups in total. The van der Waals surface area contributed by atoms with Gasteiger partial charge in [0.1, 0.15) is 5.75 Å². The molecule has 0 fully saturated rings. The normalized spacial score (nSPS) is 9.74. The number of nitrogens with zero attached hydrogens (tertiary/aromatic N) is 2. The Bertz CT molecular complexity index is 643. The molecule has 0 saturated heterocycles. The fourth-order valence-corrected chi connectivity index (χ4v) is 2.43. The molecule has 0 bridgehead atoms. The molecule has 2 aromatic rings. The number of methoxy groups -OCH3 is 1. The molecular formula is C14H12N2O2S. The highest BCUT2D eigenvalue weighted by Crippen LogP contribution is 2.24. The molecule has 2 rings (SSSR count). The van der Waals surface area contributed by atoms with Crippen molar-refractivity contribution in [2.24, 2.45) is 0 Å². The molecule has 0 atom stereocenters. The van der Waals surface area contributed by atoms with Gasteiger partial charge in [-0.05, 0) is 18.2 Å². The third-order valence-electron chi connectivity index (χ3n) is 2.69. The predicted octanol–water partition coefficient (Wildman–Crippen LogP) is 2.90. The number of hydrogen-bond acceptors (Lipinski definition) is 4. The minimum atomic E-state index is -0.122. The van der Waals surface area contributed by atoms with Gasteiger partial charge >= 0.3 is 0 Å². The molecule has 96 valence electrons. The summed E-state index contributed by atoms with van der Waals surface area (Å²) in [4.78, 5) is 14.4. The molecule has 5 heteroatoms. The molecule has 0 aliphatic carbocycles. The number of thiophene rings is 1. The Kier molecular flexibility index (Phi) is 3.83. The number of benzene rings is 1. The van der Waals surface area contributed by atoms with Crippen molar-refractivity contribution in [3.05, 3.63) is 46.2 Å². The summed E-state index contributed by atoms with van der Waals surface area (Å²) in [7, 11) is 3.25. The number of amides is 1. The van der Waals surface area contributed by atoms with Gasteiger partial charge in [0.05, 0.1) is 23.6 Å². The third kappa shape index (κ3) is 2.75. The molecule has 0 spiro atoms. The van der Waals surface area contributed by atoms with Crippen LogP contribution in [0.15, 0.2) is 35.7 Å². The number of carbonyl (C=O) groups excluding carboxylic acids is 1. The first-order valence-electron chi connectivity index (χ1n) is 5.56. The molecule has 19 heavy (non-hydrogen) atoms. The lowest BCUT2D eigenvalue weighted by Crippen LogP contribution is -2.25. The van der Waals surface area contributed by atoms with Gasteiger partial charge in [-0.1, -0.05) is 6.07 Å². The van der Waals surface area contributed by atoms with Gasteiger partial charge in [0.15, 0.2) is 0 Å². The van der Waals surface area contributed by atoms with Crippen LogP contribution in [-0.2, 0) is 0 Å². The third-order valence-corrected chi connectivity index (χ3v) is 3.59. The first kappa shape index (κ1) is 13.1. The van der Waals surface area contributed by atoms with Crippen molar-refractivity contribution < 1.29 is 9.53 Å². The predicted molar refractivity (Wildman–Crippen MR) is 74.8 cm³/mol. The molecule has 0 aliphatic rings. The van der Waals surface area contributed by atoms with Crippen LogP contribution < -0.4 is 9.64 Å². The fourth-order valence-electron chi connectivity index (χ4n) is 1.60. The number of nitriles is 1. The van der Waals surface area contributed by atoms with Crippen molar-refractivity contribution in [1.29, 1.82) is 5.26 Å². The molecule has 0 unspecified atom stereocenters. The molecule has 0 aliphatic heterocycles. The van der Waals surface area contributed by atoms with Gasteiger partial charge in [0.25, 0.3) is 5.91 Å². The van der Waals surface area contributed by atoms with Crippen LogP contribution in [0.25, 0.3) is 0 Å². The highest BCUT2D eigenvalue weighted by molar-refractivity contribution is 7.12. The van der Waals surface area contributed by atoms with E-state index in [1.165, 1.54) is 16.2 Å². The van der Waals surface area contributed by atoms with E-state index in [-0.39, 0.29) is 5.91 Å². The molecule has 4 nitrogen and oxygen atoms in total. The standard InChI is InChI=1S/C14H12N2O2S/c1-16(11-5-3-4-10(6-11)8-15)14(17)13-7-12(18-2)9-19-13/h3-7,9H,1-2H3. The van der Waals surface area contributed by atoms with Crippen molar-refractivity contribution in [1.82, 2.24) is 0 Å². The summed E-state index contributed by atoms with van der Waals surface area (Å²) in [5.41, 5.74) is 1.22. The Balaban J connectivity index is 2.25. The van der Waals surface area contributed by atoms with E-state index in [1.807, 2.05) is 0 Å². The van der Waals surface area contributed by atoms with E-state index in [0.717, 1.165) is 0 Å². The maximum absolute atomic E-state index is 12.3. The number of rotatable bonds is 3. The van der Waals surface area contributed by atoms with E-state index in [2.05, 4.69) is 6.07 Å². The lowest BCUT2D eigenvalue weighted by molar-refractivity contribution is 0.0996. The molecular weight excluding hydrogens is 260 g/mol. The van der Waals surface area contributed by atoms with Gasteiger partial charge < -0.3 is 9.64 Å². The van der Waals surface area contributed by atoms with Crippen LogP contribution in [-0.4, -0.2) is 20.1 Å². The maximum Gasteiger partial charge on any atom is 0.268 e. The van der Waals surface area contributed by atoms with Gasteiger partial charge in [-0.2, -0.15) is 5.26 Å². The second-order valence-electron chi connectivity index (χ2n) is 3.88. The summed E-state index contributed by atoms with van der Waals surface area (Å²) in [5.74, 6) is 0.552. The van der Waals surface area contributed by atoms with E-state index in [0.29, 0.717) is 21.9 Å². The zero-order valence-corrected chi connectivity index (χ0v) is 11.4. The van der Waals surface area contributed by atoms with E-state index in [4.69, 9.17) is 10.00 Å². The van der Waals surface area contributed by atoms with Gasteiger partial charge in [0.2, 0.25) is 0 Å². The average Bonchev–Trinajstić information content (AvgIpc) is 2.94. The molecule has 0 saturated carbocycles.